The Morgan fingerprint density at radius 3 is 2.29 bits per heavy atom. The smallest absolute Gasteiger partial charge is 0.408 e. The number of rotatable bonds is 7. The van der Waals surface area contributed by atoms with Gasteiger partial charge in [-0.05, 0) is 57.0 Å². The number of carbonyl (C=O) groups is 2. The fourth-order valence-corrected chi connectivity index (χ4v) is 4.22. The third kappa shape index (κ3) is 5.92. The van der Waals surface area contributed by atoms with Crippen molar-refractivity contribution in [1.82, 2.24) is 14.7 Å². The summed E-state index contributed by atoms with van der Waals surface area (Å²) in [5.74, 6) is 0.920. The molecule has 4 rings (SSSR count). The first-order chi connectivity index (χ1) is 18.0. The number of nitrogens with one attached hydrogen (secondary N) is 1. The molecule has 0 unspecified atom stereocenters. The number of benzene rings is 2. The van der Waals surface area contributed by atoms with Crippen molar-refractivity contribution in [3.8, 4) is 33.9 Å². The van der Waals surface area contributed by atoms with Crippen LogP contribution in [0.4, 0.5) is 4.79 Å². The predicted octanol–water partition coefficient (Wildman–Crippen LogP) is 6.43. The van der Waals surface area contributed by atoms with E-state index < -0.39 is 17.7 Å². The quantitative estimate of drug-likeness (QED) is 0.274. The molecule has 1 amide bonds. The van der Waals surface area contributed by atoms with Gasteiger partial charge in [0.2, 0.25) is 0 Å². The Kier molecular flexibility index (Phi) is 7.64. The van der Waals surface area contributed by atoms with E-state index in [4.69, 9.17) is 30.8 Å². The molecule has 8 nitrogen and oxygen atoms in total. The minimum Gasteiger partial charge on any atom is -0.496 e. The van der Waals surface area contributed by atoms with Gasteiger partial charge < -0.3 is 23.9 Å². The molecule has 0 radical (unpaired) electrons. The fourth-order valence-electron chi connectivity index (χ4n) is 3.98. The first kappa shape index (κ1) is 27.0. The molecule has 1 N–H and O–H groups in total. The van der Waals surface area contributed by atoms with E-state index in [0.29, 0.717) is 27.8 Å². The van der Waals surface area contributed by atoms with Crippen LogP contribution < -0.4 is 14.8 Å². The van der Waals surface area contributed by atoms with Crippen LogP contribution in [0.5, 0.6) is 11.5 Å². The molecule has 0 aliphatic carbocycles. The molecule has 0 saturated carbocycles. The summed E-state index contributed by atoms with van der Waals surface area (Å²) in [7, 11) is 3.14. The zero-order chi connectivity index (χ0) is 27.6. The van der Waals surface area contributed by atoms with Gasteiger partial charge in [-0.15, -0.1) is 0 Å². The zero-order valence-corrected chi connectivity index (χ0v) is 22.9. The summed E-state index contributed by atoms with van der Waals surface area (Å²) in [6.07, 6.45) is 3.20. The van der Waals surface area contributed by atoms with Crippen molar-refractivity contribution in [3.05, 3.63) is 71.5 Å². The summed E-state index contributed by atoms with van der Waals surface area (Å²) in [4.78, 5) is 29.6. The van der Waals surface area contributed by atoms with Gasteiger partial charge in [-0.2, -0.15) is 0 Å². The number of carbonyl (C=O) groups excluding carboxylic acids is 2. The molecule has 0 aliphatic rings. The van der Waals surface area contributed by atoms with Crippen molar-refractivity contribution < 1.29 is 23.8 Å². The number of hydrogen-bond donors (Lipinski definition) is 1. The SMILES string of the molecule is COc1cc(OC)c(-c2cn3ccc(-c4ccc(C(=O)[C@H](C)NC(=O)OC(C)(C)C)cc4)cc3n2)cc1Cl. The van der Waals surface area contributed by atoms with Gasteiger partial charge in [-0.3, -0.25) is 4.79 Å². The van der Waals surface area contributed by atoms with Crippen molar-refractivity contribution in [3.63, 3.8) is 0 Å². The number of alkyl carbamates (subject to hydrolysis) is 1. The van der Waals surface area contributed by atoms with Gasteiger partial charge in [0.05, 0.1) is 31.0 Å². The van der Waals surface area contributed by atoms with E-state index in [9.17, 15) is 9.59 Å². The van der Waals surface area contributed by atoms with Gasteiger partial charge in [0.25, 0.3) is 0 Å². The number of ether oxygens (including phenoxy) is 3. The van der Waals surface area contributed by atoms with Crippen LogP contribution in [0.25, 0.3) is 28.0 Å². The molecule has 0 fully saturated rings. The second-order valence-electron chi connectivity index (χ2n) is 9.80. The van der Waals surface area contributed by atoms with Crippen LogP contribution in [-0.4, -0.2) is 47.1 Å². The third-order valence-electron chi connectivity index (χ3n) is 5.84. The van der Waals surface area contributed by atoms with E-state index >= 15 is 0 Å². The lowest BCUT2D eigenvalue weighted by molar-refractivity contribution is 0.0496. The van der Waals surface area contributed by atoms with E-state index in [-0.39, 0.29) is 5.78 Å². The molecule has 2 aromatic heterocycles. The molecule has 38 heavy (non-hydrogen) atoms. The Morgan fingerprint density at radius 2 is 1.66 bits per heavy atom. The third-order valence-corrected chi connectivity index (χ3v) is 6.13. The lowest BCUT2D eigenvalue weighted by Crippen LogP contribution is -2.41. The van der Waals surface area contributed by atoms with Crippen molar-refractivity contribution in [1.29, 1.82) is 0 Å². The highest BCUT2D eigenvalue weighted by Crippen LogP contribution is 2.38. The largest absolute Gasteiger partial charge is 0.496 e. The van der Waals surface area contributed by atoms with Gasteiger partial charge in [-0.1, -0.05) is 35.9 Å². The first-order valence-electron chi connectivity index (χ1n) is 12.0. The Hall–Kier alpha value is -4.04. The number of halogens is 1. The van der Waals surface area contributed by atoms with Crippen molar-refractivity contribution in [2.45, 2.75) is 39.3 Å². The normalized spacial score (nSPS) is 12.2. The Balaban J connectivity index is 1.55. The molecular formula is C29H30ClN3O5. The molecule has 1 atom stereocenters. The van der Waals surface area contributed by atoms with Crippen LogP contribution in [0, 0.1) is 0 Å². The standard InChI is InChI=1S/C29H30ClN3O5/c1-17(31-28(35)38-29(2,3)4)27(34)19-9-7-18(8-10-19)20-11-12-33-16-23(32-26(33)13-20)21-14-22(30)25(37-6)15-24(21)36-5/h7-17H,1-6H3,(H,31,35)/t17-/m0/s1. The fraction of sp³-hybridized carbons (Fsp3) is 0.276. The predicted molar refractivity (Wildman–Crippen MR) is 147 cm³/mol. The van der Waals surface area contributed by atoms with Crippen LogP contribution in [0.3, 0.4) is 0 Å². The molecule has 9 heteroatoms. The summed E-state index contributed by atoms with van der Waals surface area (Å²) >= 11 is 6.35. The number of aromatic nitrogens is 2. The second-order valence-corrected chi connectivity index (χ2v) is 10.2. The van der Waals surface area contributed by atoms with Crippen LogP contribution in [0.2, 0.25) is 5.02 Å². The summed E-state index contributed by atoms with van der Waals surface area (Å²) in [5, 5.41) is 3.05. The second kappa shape index (κ2) is 10.8. The minimum atomic E-state index is -0.723. The van der Waals surface area contributed by atoms with Crippen molar-refractivity contribution in [2.75, 3.05) is 14.2 Å². The number of hydrogen-bond acceptors (Lipinski definition) is 6. The molecule has 4 aromatic rings. The summed E-state index contributed by atoms with van der Waals surface area (Å²) in [5.41, 5.74) is 3.90. The van der Waals surface area contributed by atoms with Crippen LogP contribution in [0.15, 0.2) is 60.9 Å². The van der Waals surface area contributed by atoms with E-state index in [2.05, 4.69) is 5.32 Å². The average molecular weight is 536 g/mol. The number of Topliss-reactive ketones (excluding diaryl/α,β-unsaturated/α-hetero) is 1. The van der Waals surface area contributed by atoms with Gasteiger partial charge in [0, 0.05) is 29.6 Å². The average Bonchev–Trinajstić information content (AvgIpc) is 3.30. The van der Waals surface area contributed by atoms with Crippen molar-refractivity contribution >= 4 is 29.1 Å². The topological polar surface area (TPSA) is 91.2 Å². The lowest BCUT2D eigenvalue weighted by atomic mass is 10.0. The summed E-state index contributed by atoms with van der Waals surface area (Å²) in [6.45, 7) is 6.94. The monoisotopic (exact) mass is 535 g/mol. The van der Waals surface area contributed by atoms with E-state index in [1.54, 1.807) is 66.2 Å². The maximum atomic E-state index is 12.8. The van der Waals surface area contributed by atoms with Crippen LogP contribution in [-0.2, 0) is 4.74 Å². The molecule has 0 bridgehead atoms. The Bertz CT molecular complexity index is 1490. The van der Waals surface area contributed by atoms with Crippen LogP contribution in [0.1, 0.15) is 38.1 Å². The van der Waals surface area contributed by atoms with Crippen molar-refractivity contribution in [2.24, 2.45) is 0 Å². The number of fused-ring (bicyclic) bond motifs is 1. The first-order valence-corrected chi connectivity index (χ1v) is 12.4. The number of pyridine rings is 1. The van der Waals surface area contributed by atoms with Gasteiger partial charge in [0.15, 0.2) is 5.78 Å². The highest BCUT2D eigenvalue weighted by Gasteiger charge is 2.22. The Morgan fingerprint density at radius 1 is 0.974 bits per heavy atom. The van der Waals surface area contributed by atoms with Gasteiger partial charge in [0.1, 0.15) is 22.7 Å². The number of ketones is 1. The summed E-state index contributed by atoms with van der Waals surface area (Å²) < 4.78 is 18.0. The van der Waals surface area contributed by atoms with E-state index in [1.807, 2.05) is 41.1 Å². The van der Waals surface area contributed by atoms with Crippen LogP contribution >= 0.6 is 11.6 Å². The maximum absolute atomic E-state index is 12.8. The number of amides is 1. The van der Waals surface area contributed by atoms with E-state index in [1.165, 1.54) is 0 Å². The van der Waals surface area contributed by atoms with Gasteiger partial charge >= 0.3 is 6.09 Å². The summed E-state index contributed by atoms with van der Waals surface area (Å²) in [6, 6.07) is 14.0. The zero-order valence-electron chi connectivity index (χ0n) is 22.2. The number of imidazole rings is 1. The number of nitrogens with zero attached hydrogens (tertiary/aromatic N) is 2. The minimum absolute atomic E-state index is 0.206. The maximum Gasteiger partial charge on any atom is 0.408 e. The molecule has 2 heterocycles. The molecule has 2 aromatic carbocycles. The highest BCUT2D eigenvalue weighted by atomic mass is 35.5. The lowest BCUT2D eigenvalue weighted by Gasteiger charge is -2.21. The molecule has 0 aliphatic heterocycles. The van der Waals surface area contributed by atoms with Gasteiger partial charge in [-0.25, -0.2) is 9.78 Å². The number of methoxy groups -OCH3 is 2. The molecular weight excluding hydrogens is 506 g/mol. The molecule has 0 saturated heterocycles. The van der Waals surface area contributed by atoms with E-state index in [0.717, 1.165) is 22.3 Å². The molecule has 0 spiro atoms. The Labute approximate surface area is 226 Å². The highest BCUT2D eigenvalue weighted by molar-refractivity contribution is 6.32. The molecule has 198 valence electrons.